The summed E-state index contributed by atoms with van der Waals surface area (Å²) >= 11 is 1.59. The Morgan fingerprint density at radius 3 is 3.00 bits per heavy atom. The van der Waals surface area contributed by atoms with Crippen molar-refractivity contribution in [3.8, 4) is 0 Å². The van der Waals surface area contributed by atoms with E-state index in [1.165, 1.54) is 0 Å². The average Bonchev–Trinajstić information content (AvgIpc) is 2.94. The molecule has 0 fully saturated rings. The molecule has 2 aromatic heterocycles. The van der Waals surface area contributed by atoms with Crippen molar-refractivity contribution in [1.29, 1.82) is 0 Å². The van der Waals surface area contributed by atoms with Gasteiger partial charge in [-0.05, 0) is 24.3 Å². The first-order valence-corrected chi connectivity index (χ1v) is 8.01. The summed E-state index contributed by atoms with van der Waals surface area (Å²) in [6.07, 6.45) is 1.63. The van der Waals surface area contributed by atoms with E-state index in [9.17, 15) is 0 Å². The number of hydrogen-bond acceptors (Lipinski definition) is 7. The van der Waals surface area contributed by atoms with E-state index in [1.54, 1.807) is 18.4 Å². The Labute approximate surface area is 128 Å². The van der Waals surface area contributed by atoms with Gasteiger partial charge in [0.1, 0.15) is 10.6 Å². The average molecular weight is 310 g/mol. The number of ether oxygens (including phenoxy) is 1. The van der Waals surface area contributed by atoms with Crippen molar-refractivity contribution in [3.63, 3.8) is 0 Å². The second kappa shape index (κ2) is 8.11. The largest absolute Gasteiger partial charge is 0.396 e. The predicted octanol–water partition coefficient (Wildman–Crippen LogP) is 2.32. The minimum atomic E-state index is 0.0250. The summed E-state index contributed by atoms with van der Waals surface area (Å²) in [6.45, 7) is 3.58. The molecule has 3 N–H and O–H groups in total. The van der Waals surface area contributed by atoms with E-state index in [1.807, 2.05) is 11.4 Å². The van der Waals surface area contributed by atoms with Gasteiger partial charge < -0.3 is 20.5 Å². The number of methoxy groups -OCH3 is 1. The monoisotopic (exact) mass is 310 g/mol. The van der Waals surface area contributed by atoms with Crippen LogP contribution in [0.1, 0.15) is 19.8 Å². The van der Waals surface area contributed by atoms with Crippen LogP contribution in [-0.4, -0.2) is 48.0 Å². The molecule has 0 radical (unpaired) electrons. The molecule has 0 amide bonds. The molecule has 0 aromatic carbocycles. The Bertz CT molecular complexity index is 555. The summed E-state index contributed by atoms with van der Waals surface area (Å²) in [5.74, 6) is 1.42. The fourth-order valence-corrected chi connectivity index (χ4v) is 2.79. The number of anilines is 2. The minimum absolute atomic E-state index is 0.0250. The zero-order chi connectivity index (χ0) is 15.1. The highest BCUT2D eigenvalue weighted by Gasteiger charge is 2.13. The molecule has 7 heteroatoms. The summed E-state index contributed by atoms with van der Waals surface area (Å²) in [6, 6.07) is 2.03. The zero-order valence-electron chi connectivity index (χ0n) is 12.4. The molecule has 21 heavy (non-hydrogen) atoms. The number of thiophene rings is 1. The highest BCUT2D eigenvalue weighted by Crippen LogP contribution is 2.27. The van der Waals surface area contributed by atoms with E-state index in [0.717, 1.165) is 29.0 Å². The first-order chi connectivity index (χ1) is 10.3. The lowest BCUT2D eigenvalue weighted by atomic mass is 10.2. The van der Waals surface area contributed by atoms with Crippen LogP contribution in [0.25, 0.3) is 10.2 Å². The van der Waals surface area contributed by atoms with Crippen LogP contribution in [0, 0.1) is 0 Å². The molecular formula is C14H22N4O2S. The van der Waals surface area contributed by atoms with Crippen molar-refractivity contribution < 1.29 is 9.84 Å². The predicted molar refractivity (Wildman–Crippen MR) is 87.2 cm³/mol. The highest BCUT2D eigenvalue weighted by molar-refractivity contribution is 7.16. The van der Waals surface area contributed by atoms with Crippen molar-refractivity contribution in [2.45, 2.75) is 25.8 Å². The van der Waals surface area contributed by atoms with Gasteiger partial charge in [0.25, 0.3) is 0 Å². The normalized spacial score (nSPS) is 12.5. The maximum Gasteiger partial charge on any atom is 0.226 e. The molecule has 0 aliphatic rings. The van der Waals surface area contributed by atoms with Crippen LogP contribution in [0.15, 0.2) is 11.4 Å². The van der Waals surface area contributed by atoms with Gasteiger partial charge in [-0.15, -0.1) is 11.3 Å². The third-order valence-electron chi connectivity index (χ3n) is 3.04. The van der Waals surface area contributed by atoms with Gasteiger partial charge in [-0.3, -0.25) is 0 Å². The maximum absolute atomic E-state index is 9.15. The second-order valence-corrected chi connectivity index (χ2v) is 5.67. The quantitative estimate of drug-likeness (QED) is 0.659. The van der Waals surface area contributed by atoms with Crippen LogP contribution in [-0.2, 0) is 4.74 Å². The fourth-order valence-electron chi connectivity index (χ4n) is 2.03. The molecule has 0 spiro atoms. The Morgan fingerprint density at radius 1 is 1.43 bits per heavy atom. The van der Waals surface area contributed by atoms with Crippen LogP contribution < -0.4 is 10.6 Å². The molecule has 0 bridgehead atoms. The number of nitrogens with one attached hydrogen (secondary N) is 2. The Hall–Kier alpha value is -1.44. The summed E-state index contributed by atoms with van der Waals surface area (Å²) in [5.41, 5.74) is 0. The molecule has 2 rings (SSSR count). The Kier molecular flexibility index (Phi) is 6.16. The third kappa shape index (κ3) is 4.26. The molecule has 1 unspecified atom stereocenters. The lowest BCUT2D eigenvalue weighted by molar-refractivity contribution is 0.170. The summed E-state index contributed by atoms with van der Waals surface area (Å²) in [4.78, 5) is 10.0. The number of fused-ring (bicyclic) bond motifs is 1. The topological polar surface area (TPSA) is 79.3 Å². The lowest BCUT2D eigenvalue weighted by Gasteiger charge is -2.18. The van der Waals surface area contributed by atoms with E-state index in [2.05, 4.69) is 27.5 Å². The Balaban J connectivity index is 2.24. The molecule has 2 heterocycles. The number of aliphatic hydroxyl groups is 1. The van der Waals surface area contributed by atoms with Crippen LogP contribution in [0.5, 0.6) is 0 Å². The number of rotatable bonds is 9. The number of hydrogen-bond donors (Lipinski definition) is 3. The zero-order valence-corrected chi connectivity index (χ0v) is 13.2. The number of aliphatic hydroxyl groups excluding tert-OH is 1. The molecule has 1 atom stereocenters. The van der Waals surface area contributed by atoms with Crippen molar-refractivity contribution in [1.82, 2.24) is 9.97 Å². The smallest absolute Gasteiger partial charge is 0.226 e. The van der Waals surface area contributed by atoms with Gasteiger partial charge in [0, 0.05) is 20.3 Å². The maximum atomic E-state index is 9.15. The van der Waals surface area contributed by atoms with Crippen molar-refractivity contribution in [3.05, 3.63) is 11.4 Å². The number of aromatic nitrogens is 2. The highest BCUT2D eigenvalue weighted by atomic mass is 32.1. The van der Waals surface area contributed by atoms with Crippen molar-refractivity contribution >= 4 is 33.3 Å². The molecular weight excluding hydrogens is 288 g/mol. The standard InChI is InChI=1S/C14H22N4O2S/c1-3-6-15-14-17-12(11-5-8-21-13(11)18-14)16-10(4-7-19)9-20-2/h5,8,10,19H,3-4,6-7,9H2,1-2H3,(H2,15,16,17,18). The van der Waals surface area contributed by atoms with Gasteiger partial charge in [0.15, 0.2) is 0 Å². The van der Waals surface area contributed by atoms with Crippen molar-refractivity contribution in [2.75, 3.05) is 37.5 Å². The second-order valence-electron chi connectivity index (χ2n) is 4.77. The first-order valence-electron chi connectivity index (χ1n) is 7.14. The van der Waals surface area contributed by atoms with Crippen LogP contribution in [0.2, 0.25) is 0 Å². The molecule has 2 aromatic rings. The van der Waals surface area contributed by atoms with Crippen LogP contribution in [0.4, 0.5) is 11.8 Å². The molecule has 0 saturated heterocycles. The van der Waals surface area contributed by atoms with Gasteiger partial charge in [0.2, 0.25) is 5.95 Å². The summed E-state index contributed by atoms with van der Waals surface area (Å²) in [7, 11) is 1.65. The lowest BCUT2D eigenvalue weighted by Crippen LogP contribution is -2.27. The molecule has 0 aliphatic heterocycles. The molecule has 0 aliphatic carbocycles. The summed E-state index contributed by atoms with van der Waals surface area (Å²) < 4.78 is 5.19. The van der Waals surface area contributed by atoms with E-state index in [-0.39, 0.29) is 12.6 Å². The van der Waals surface area contributed by atoms with Gasteiger partial charge in [0.05, 0.1) is 18.0 Å². The van der Waals surface area contributed by atoms with Gasteiger partial charge >= 0.3 is 0 Å². The molecule has 6 nitrogen and oxygen atoms in total. The summed E-state index contributed by atoms with van der Waals surface area (Å²) in [5, 5.41) is 18.7. The first kappa shape index (κ1) is 15.9. The van der Waals surface area contributed by atoms with E-state index in [0.29, 0.717) is 19.0 Å². The van der Waals surface area contributed by atoms with E-state index < -0.39 is 0 Å². The van der Waals surface area contributed by atoms with Crippen molar-refractivity contribution in [2.24, 2.45) is 0 Å². The molecule has 116 valence electrons. The van der Waals surface area contributed by atoms with E-state index in [4.69, 9.17) is 9.84 Å². The minimum Gasteiger partial charge on any atom is -0.396 e. The van der Waals surface area contributed by atoms with E-state index >= 15 is 0 Å². The molecule has 0 saturated carbocycles. The van der Waals surface area contributed by atoms with Crippen LogP contribution in [0.3, 0.4) is 0 Å². The SMILES string of the molecule is CCCNc1nc(NC(CCO)COC)c2ccsc2n1. The van der Waals surface area contributed by atoms with Crippen LogP contribution >= 0.6 is 11.3 Å². The van der Waals surface area contributed by atoms with Gasteiger partial charge in [-0.1, -0.05) is 6.92 Å². The third-order valence-corrected chi connectivity index (χ3v) is 3.85. The van der Waals surface area contributed by atoms with Gasteiger partial charge in [-0.25, -0.2) is 4.98 Å². The van der Waals surface area contributed by atoms with Gasteiger partial charge in [-0.2, -0.15) is 4.98 Å². The number of nitrogens with zero attached hydrogens (tertiary/aromatic N) is 2. The fraction of sp³-hybridized carbons (Fsp3) is 0.571. The Morgan fingerprint density at radius 2 is 2.29 bits per heavy atom.